The number of ether oxygens (including phenoxy) is 1. The molecule has 2 aliphatic heterocycles. The molecule has 5 heteroatoms. The van der Waals surface area contributed by atoms with Gasteiger partial charge < -0.3 is 15.0 Å². The average molecular weight is 275 g/mol. The van der Waals surface area contributed by atoms with Crippen molar-refractivity contribution in [2.75, 3.05) is 26.3 Å². The van der Waals surface area contributed by atoms with E-state index in [2.05, 4.69) is 16.4 Å². The van der Waals surface area contributed by atoms with E-state index in [1.165, 1.54) is 0 Å². The Morgan fingerprint density at radius 3 is 3.25 bits per heavy atom. The summed E-state index contributed by atoms with van der Waals surface area (Å²) < 4.78 is 5.41. The van der Waals surface area contributed by atoms with Crippen molar-refractivity contribution in [1.82, 2.24) is 15.2 Å². The molecule has 1 amide bonds. The van der Waals surface area contributed by atoms with Crippen LogP contribution in [-0.4, -0.2) is 48.1 Å². The number of nitrogens with zero attached hydrogens (tertiary/aromatic N) is 2. The molecular weight excluding hydrogens is 254 g/mol. The molecule has 5 nitrogen and oxygen atoms in total. The van der Waals surface area contributed by atoms with E-state index in [0.29, 0.717) is 13.0 Å². The molecule has 3 heterocycles. The van der Waals surface area contributed by atoms with Crippen molar-refractivity contribution in [3.63, 3.8) is 0 Å². The standard InChI is InChI=1S/C15H21N3O2/c19-15(9-13-11-20-8-6-17-13)18-7-2-4-14(18)12-3-1-5-16-10-12/h1,3,5,10,13-14,17H,2,4,6-9,11H2. The topological polar surface area (TPSA) is 54.5 Å². The molecule has 0 aromatic carbocycles. The Balaban J connectivity index is 1.64. The molecule has 0 aliphatic carbocycles. The van der Waals surface area contributed by atoms with Gasteiger partial charge in [-0.3, -0.25) is 9.78 Å². The smallest absolute Gasteiger partial charge is 0.224 e. The van der Waals surface area contributed by atoms with E-state index in [-0.39, 0.29) is 18.0 Å². The molecule has 2 fully saturated rings. The van der Waals surface area contributed by atoms with Crippen LogP contribution in [0.1, 0.15) is 30.9 Å². The predicted octanol–water partition coefficient (Wildman–Crippen LogP) is 1.12. The van der Waals surface area contributed by atoms with Gasteiger partial charge in [-0.15, -0.1) is 0 Å². The lowest BCUT2D eigenvalue weighted by atomic mass is 10.1. The van der Waals surface area contributed by atoms with Gasteiger partial charge in [0.2, 0.25) is 5.91 Å². The molecule has 1 aromatic heterocycles. The minimum Gasteiger partial charge on any atom is -0.378 e. The molecule has 2 atom stereocenters. The first-order chi connectivity index (χ1) is 9.84. The fourth-order valence-electron chi connectivity index (χ4n) is 3.06. The van der Waals surface area contributed by atoms with E-state index < -0.39 is 0 Å². The van der Waals surface area contributed by atoms with Gasteiger partial charge in [-0.05, 0) is 24.5 Å². The van der Waals surface area contributed by atoms with Gasteiger partial charge in [-0.25, -0.2) is 0 Å². The second-order valence-electron chi connectivity index (χ2n) is 5.46. The van der Waals surface area contributed by atoms with E-state index in [1.807, 2.05) is 17.2 Å². The van der Waals surface area contributed by atoms with Gasteiger partial charge in [-0.1, -0.05) is 6.07 Å². The molecule has 2 unspecified atom stereocenters. The average Bonchev–Trinajstić information content (AvgIpc) is 2.99. The lowest BCUT2D eigenvalue weighted by Crippen LogP contribution is -2.45. The van der Waals surface area contributed by atoms with E-state index in [1.54, 1.807) is 6.20 Å². The lowest BCUT2D eigenvalue weighted by Gasteiger charge is -2.29. The highest BCUT2D eigenvalue weighted by atomic mass is 16.5. The Bertz CT molecular complexity index is 446. The molecule has 0 spiro atoms. The molecule has 2 aliphatic rings. The molecule has 2 saturated heterocycles. The third-order valence-corrected chi connectivity index (χ3v) is 4.06. The van der Waals surface area contributed by atoms with Crippen molar-refractivity contribution < 1.29 is 9.53 Å². The highest BCUT2D eigenvalue weighted by molar-refractivity contribution is 5.77. The highest BCUT2D eigenvalue weighted by Gasteiger charge is 2.31. The molecule has 0 radical (unpaired) electrons. The number of amides is 1. The van der Waals surface area contributed by atoms with Crippen molar-refractivity contribution in [1.29, 1.82) is 0 Å². The van der Waals surface area contributed by atoms with E-state index in [4.69, 9.17) is 4.74 Å². The third-order valence-electron chi connectivity index (χ3n) is 4.06. The van der Waals surface area contributed by atoms with Crippen molar-refractivity contribution in [2.45, 2.75) is 31.3 Å². The Morgan fingerprint density at radius 1 is 1.55 bits per heavy atom. The maximum atomic E-state index is 12.5. The fourth-order valence-corrected chi connectivity index (χ4v) is 3.06. The van der Waals surface area contributed by atoms with Crippen LogP contribution in [0.2, 0.25) is 0 Å². The zero-order valence-corrected chi connectivity index (χ0v) is 11.6. The second-order valence-corrected chi connectivity index (χ2v) is 5.46. The molecule has 3 rings (SSSR count). The Hall–Kier alpha value is -1.46. The number of hydrogen-bond acceptors (Lipinski definition) is 4. The summed E-state index contributed by atoms with van der Waals surface area (Å²) in [4.78, 5) is 18.7. The normalized spacial score (nSPS) is 26.7. The number of aromatic nitrogens is 1. The van der Waals surface area contributed by atoms with Crippen molar-refractivity contribution in [2.24, 2.45) is 0 Å². The molecule has 1 aromatic rings. The Labute approximate surface area is 119 Å². The van der Waals surface area contributed by atoms with Crippen LogP contribution in [0.5, 0.6) is 0 Å². The van der Waals surface area contributed by atoms with Crippen LogP contribution in [0, 0.1) is 0 Å². The number of hydrogen-bond donors (Lipinski definition) is 1. The molecular formula is C15H21N3O2. The fraction of sp³-hybridized carbons (Fsp3) is 0.600. The van der Waals surface area contributed by atoms with Gasteiger partial charge >= 0.3 is 0 Å². The lowest BCUT2D eigenvalue weighted by molar-refractivity contribution is -0.133. The zero-order valence-electron chi connectivity index (χ0n) is 11.6. The monoisotopic (exact) mass is 275 g/mol. The molecule has 108 valence electrons. The number of rotatable bonds is 3. The van der Waals surface area contributed by atoms with Gasteiger partial charge in [0.05, 0.1) is 19.3 Å². The summed E-state index contributed by atoms with van der Waals surface area (Å²) in [5, 5.41) is 3.34. The van der Waals surface area contributed by atoms with Crippen LogP contribution >= 0.6 is 0 Å². The largest absolute Gasteiger partial charge is 0.378 e. The van der Waals surface area contributed by atoms with Crippen molar-refractivity contribution in [3.8, 4) is 0 Å². The van der Waals surface area contributed by atoms with Crippen LogP contribution in [0.4, 0.5) is 0 Å². The SMILES string of the molecule is O=C(CC1COCCN1)N1CCCC1c1cccnc1. The van der Waals surface area contributed by atoms with E-state index in [9.17, 15) is 4.79 Å². The number of nitrogens with one attached hydrogen (secondary N) is 1. The quantitative estimate of drug-likeness (QED) is 0.898. The highest BCUT2D eigenvalue weighted by Crippen LogP contribution is 2.32. The summed E-state index contributed by atoms with van der Waals surface area (Å²) >= 11 is 0. The van der Waals surface area contributed by atoms with E-state index >= 15 is 0 Å². The van der Waals surface area contributed by atoms with Crippen LogP contribution < -0.4 is 5.32 Å². The van der Waals surface area contributed by atoms with Crippen LogP contribution in [0.3, 0.4) is 0 Å². The molecule has 0 saturated carbocycles. The van der Waals surface area contributed by atoms with Gasteiger partial charge in [0.1, 0.15) is 0 Å². The number of morpholine rings is 1. The Kier molecular flexibility index (Phi) is 4.28. The number of likely N-dealkylation sites (tertiary alicyclic amines) is 1. The predicted molar refractivity (Wildman–Crippen MR) is 75.2 cm³/mol. The van der Waals surface area contributed by atoms with Crippen molar-refractivity contribution in [3.05, 3.63) is 30.1 Å². The van der Waals surface area contributed by atoms with Crippen LogP contribution in [0.15, 0.2) is 24.5 Å². The second kappa shape index (κ2) is 6.33. The van der Waals surface area contributed by atoms with Gasteiger partial charge in [0, 0.05) is 37.9 Å². The summed E-state index contributed by atoms with van der Waals surface area (Å²) in [5.74, 6) is 0.222. The third kappa shape index (κ3) is 2.99. The first-order valence-electron chi connectivity index (χ1n) is 7.35. The number of carbonyl (C=O) groups excluding carboxylic acids is 1. The number of carbonyl (C=O) groups is 1. The van der Waals surface area contributed by atoms with Crippen LogP contribution in [0.25, 0.3) is 0 Å². The van der Waals surface area contributed by atoms with Gasteiger partial charge in [-0.2, -0.15) is 0 Å². The zero-order chi connectivity index (χ0) is 13.8. The summed E-state index contributed by atoms with van der Waals surface area (Å²) in [6.07, 6.45) is 6.27. The Morgan fingerprint density at radius 2 is 2.50 bits per heavy atom. The first kappa shape index (κ1) is 13.5. The van der Waals surface area contributed by atoms with Gasteiger partial charge in [0.15, 0.2) is 0 Å². The minimum atomic E-state index is 0.159. The summed E-state index contributed by atoms with van der Waals surface area (Å²) in [5.41, 5.74) is 1.14. The van der Waals surface area contributed by atoms with E-state index in [0.717, 1.165) is 38.1 Å². The summed E-state index contributed by atoms with van der Waals surface area (Å²) in [7, 11) is 0. The molecule has 1 N–H and O–H groups in total. The van der Waals surface area contributed by atoms with Crippen molar-refractivity contribution >= 4 is 5.91 Å². The molecule has 0 bridgehead atoms. The van der Waals surface area contributed by atoms with Crippen LogP contribution in [-0.2, 0) is 9.53 Å². The summed E-state index contributed by atoms with van der Waals surface area (Å²) in [6, 6.07) is 4.35. The maximum Gasteiger partial charge on any atom is 0.224 e. The molecule has 20 heavy (non-hydrogen) atoms. The number of pyridine rings is 1. The maximum absolute atomic E-state index is 12.5. The minimum absolute atomic E-state index is 0.159. The summed E-state index contributed by atoms with van der Waals surface area (Å²) in [6.45, 7) is 3.07. The first-order valence-corrected chi connectivity index (χ1v) is 7.35. The van der Waals surface area contributed by atoms with Gasteiger partial charge in [0.25, 0.3) is 0 Å².